The molecule has 2 atom stereocenters. The Morgan fingerprint density at radius 3 is 2.59 bits per heavy atom. The van der Waals surface area contributed by atoms with Crippen LogP contribution in [-0.4, -0.2) is 63.8 Å². The Kier molecular flexibility index (Phi) is 5.08. The molecule has 2 saturated heterocycles. The van der Waals surface area contributed by atoms with Crippen molar-refractivity contribution in [3.05, 3.63) is 35.4 Å². The molecule has 0 aromatic heterocycles. The minimum Gasteiger partial charge on any atom is -0.384 e. The number of rotatable bonds is 4. The van der Waals surface area contributed by atoms with Crippen LogP contribution in [0.25, 0.3) is 0 Å². The molecule has 0 aliphatic carbocycles. The molecule has 0 spiro atoms. The van der Waals surface area contributed by atoms with E-state index in [9.17, 15) is 4.79 Å². The summed E-state index contributed by atoms with van der Waals surface area (Å²) in [6, 6.07) is 8.16. The molecule has 0 bridgehead atoms. The molecule has 1 aromatic carbocycles. The summed E-state index contributed by atoms with van der Waals surface area (Å²) in [5, 5.41) is 6.70. The zero-order valence-electron chi connectivity index (χ0n) is 13.2. The first kappa shape index (κ1) is 15.5. The largest absolute Gasteiger partial charge is 0.384 e. The number of amides is 1. The summed E-state index contributed by atoms with van der Waals surface area (Å²) in [4.78, 5) is 14.4. The van der Waals surface area contributed by atoms with Gasteiger partial charge in [-0.15, -0.1) is 0 Å². The van der Waals surface area contributed by atoms with E-state index in [1.54, 1.807) is 7.11 Å². The number of methoxy groups -OCH3 is 1. The first-order valence-electron chi connectivity index (χ1n) is 8.09. The van der Waals surface area contributed by atoms with Crippen molar-refractivity contribution in [3.63, 3.8) is 0 Å². The lowest BCUT2D eigenvalue weighted by Gasteiger charge is -2.27. The van der Waals surface area contributed by atoms with E-state index in [1.165, 1.54) is 5.56 Å². The Hall–Kier alpha value is -1.43. The molecule has 5 heteroatoms. The smallest absolute Gasteiger partial charge is 0.253 e. The molecule has 22 heavy (non-hydrogen) atoms. The maximum absolute atomic E-state index is 12.5. The van der Waals surface area contributed by atoms with E-state index >= 15 is 0 Å². The van der Waals surface area contributed by atoms with Gasteiger partial charge >= 0.3 is 0 Å². The van der Waals surface area contributed by atoms with Crippen LogP contribution >= 0.6 is 0 Å². The number of hydrogen-bond acceptors (Lipinski definition) is 4. The highest BCUT2D eigenvalue weighted by molar-refractivity contribution is 5.94. The van der Waals surface area contributed by atoms with Crippen LogP contribution < -0.4 is 10.6 Å². The summed E-state index contributed by atoms with van der Waals surface area (Å²) in [6.45, 7) is 6.12. The molecule has 3 rings (SSSR count). The molecule has 5 nitrogen and oxygen atoms in total. The normalized spacial score (nSPS) is 25.4. The van der Waals surface area contributed by atoms with Crippen molar-refractivity contribution in [3.8, 4) is 0 Å². The average Bonchev–Trinajstić information content (AvgIpc) is 3.04. The molecule has 2 N–H and O–H groups in total. The van der Waals surface area contributed by atoms with Crippen molar-refractivity contribution in [2.75, 3.05) is 53.0 Å². The van der Waals surface area contributed by atoms with Crippen molar-refractivity contribution in [1.82, 2.24) is 15.5 Å². The van der Waals surface area contributed by atoms with Gasteiger partial charge in [0.1, 0.15) is 0 Å². The molecule has 2 aliphatic heterocycles. The fraction of sp³-hybridized carbons (Fsp3) is 0.588. The van der Waals surface area contributed by atoms with E-state index in [1.807, 2.05) is 17.0 Å². The monoisotopic (exact) mass is 303 g/mol. The van der Waals surface area contributed by atoms with E-state index in [0.717, 1.165) is 51.4 Å². The molecule has 2 heterocycles. The minimum atomic E-state index is 0.144. The summed E-state index contributed by atoms with van der Waals surface area (Å²) in [5.74, 6) is 1.13. The number of ether oxygens (including phenoxy) is 1. The predicted octanol–water partition coefficient (Wildman–Crippen LogP) is 0.681. The molecule has 1 unspecified atom stereocenters. The van der Waals surface area contributed by atoms with Gasteiger partial charge in [0, 0.05) is 63.8 Å². The van der Waals surface area contributed by atoms with E-state index < -0.39 is 0 Å². The van der Waals surface area contributed by atoms with Gasteiger partial charge in [-0.3, -0.25) is 4.79 Å². The zero-order valence-corrected chi connectivity index (χ0v) is 13.2. The van der Waals surface area contributed by atoms with Gasteiger partial charge in [0.25, 0.3) is 5.91 Å². The van der Waals surface area contributed by atoms with Crippen LogP contribution in [0.2, 0.25) is 0 Å². The molecular formula is C17H25N3O2. The Morgan fingerprint density at radius 2 is 1.91 bits per heavy atom. The van der Waals surface area contributed by atoms with Crippen molar-refractivity contribution in [2.45, 2.75) is 5.92 Å². The van der Waals surface area contributed by atoms with Gasteiger partial charge in [-0.1, -0.05) is 12.1 Å². The second-order valence-corrected chi connectivity index (χ2v) is 6.14. The number of carbonyl (C=O) groups is 1. The van der Waals surface area contributed by atoms with Crippen LogP contribution in [0.15, 0.2) is 24.3 Å². The third kappa shape index (κ3) is 3.32. The Labute approximate surface area is 132 Å². The standard InChI is InChI=1S/C17H25N3O2/c1-22-12-15-10-19-11-16(15)13-2-4-14(5-3-13)17(21)20-8-6-18-7-9-20/h2-5,15-16,18-19H,6-12H2,1H3/t15?,16-/m0/s1. The highest BCUT2D eigenvalue weighted by atomic mass is 16.5. The highest BCUT2D eigenvalue weighted by Gasteiger charge is 2.28. The van der Waals surface area contributed by atoms with Gasteiger partial charge in [0.2, 0.25) is 0 Å². The van der Waals surface area contributed by atoms with Gasteiger partial charge in [-0.25, -0.2) is 0 Å². The Bertz CT molecular complexity index is 497. The number of nitrogens with zero attached hydrogens (tertiary/aromatic N) is 1. The summed E-state index contributed by atoms with van der Waals surface area (Å²) >= 11 is 0. The maximum Gasteiger partial charge on any atom is 0.253 e. The lowest BCUT2D eigenvalue weighted by atomic mass is 9.89. The van der Waals surface area contributed by atoms with Crippen LogP contribution in [0.5, 0.6) is 0 Å². The predicted molar refractivity (Wildman–Crippen MR) is 86.2 cm³/mol. The lowest BCUT2D eigenvalue weighted by molar-refractivity contribution is 0.0736. The second kappa shape index (κ2) is 7.22. The van der Waals surface area contributed by atoms with Crippen molar-refractivity contribution < 1.29 is 9.53 Å². The van der Waals surface area contributed by atoms with Gasteiger partial charge in [-0.2, -0.15) is 0 Å². The molecule has 2 aliphatic rings. The van der Waals surface area contributed by atoms with Crippen LogP contribution in [0, 0.1) is 5.92 Å². The number of piperazine rings is 1. The Morgan fingerprint density at radius 1 is 1.18 bits per heavy atom. The highest BCUT2D eigenvalue weighted by Crippen LogP contribution is 2.28. The van der Waals surface area contributed by atoms with Crippen LogP contribution in [0.3, 0.4) is 0 Å². The SMILES string of the molecule is COCC1CNC[C@H]1c1ccc(C(=O)N2CCNCC2)cc1. The third-order valence-electron chi connectivity index (χ3n) is 4.71. The van der Waals surface area contributed by atoms with E-state index in [4.69, 9.17) is 4.74 Å². The summed E-state index contributed by atoms with van der Waals surface area (Å²) in [6.07, 6.45) is 0. The van der Waals surface area contributed by atoms with Crippen molar-refractivity contribution in [2.24, 2.45) is 5.92 Å². The first-order valence-corrected chi connectivity index (χ1v) is 8.09. The van der Waals surface area contributed by atoms with Gasteiger partial charge in [-0.05, 0) is 17.7 Å². The van der Waals surface area contributed by atoms with Gasteiger partial charge in [0.15, 0.2) is 0 Å². The summed E-state index contributed by atoms with van der Waals surface area (Å²) in [7, 11) is 1.75. The Balaban J connectivity index is 1.68. The molecule has 2 fully saturated rings. The number of hydrogen-bond donors (Lipinski definition) is 2. The van der Waals surface area contributed by atoms with E-state index in [-0.39, 0.29) is 5.91 Å². The number of benzene rings is 1. The quantitative estimate of drug-likeness (QED) is 0.859. The molecule has 0 saturated carbocycles. The zero-order chi connectivity index (χ0) is 15.4. The topological polar surface area (TPSA) is 53.6 Å². The second-order valence-electron chi connectivity index (χ2n) is 6.14. The molecular weight excluding hydrogens is 278 g/mol. The van der Waals surface area contributed by atoms with Crippen LogP contribution in [0.1, 0.15) is 21.8 Å². The number of nitrogens with one attached hydrogen (secondary N) is 2. The lowest BCUT2D eigenvalue weighted by Crippen LogP contribution is -2.46. The molecule has 120 valence electrons. The molecule has 0 radical (unpaired) electrons. The summed E-state index contributed by atoms with van der Waals surface area (Å²) < 4.78 is 5.31. The maximum atomic E-state index is 12.5. The fourth-order valence-corrected chi connectivity index (χ4v) is 3.44. The van der Waals surface area contributed by atoms with Crippen LogP contribution in [0.4, 0.5) is 0 Å². The van der Waals surface area contributed by atoms with Crippen molar-refractivity contribution in [1.29, 1.82) is 0 Å². The van der Waals surface area contributed by atoms with E-state index in [2.05, 4.69) is 22.8 Å². The summed E-state index contributed by atoms with van der Waals surface area (Å²) in [5.41, 5.74) is 2.09. The molecule has 1 amide bonds. The van der Waals surface area contributed by atoms with Crippen molar-refractivity contribution >= 4 is 5.91 Å². The molecule has 1 aromatic rings. The number of carbonyl (C=O) groups excluding carboxylic acids is 1. The van der Waals surface area contributed by atoms with Gasteiger partial charge in [0.05, 0.1) is 6.61 Å². The van der Waals surface area contributed by atoms with E-state index in [0.29, 0.717) is 11.8 Å². The third-order valence-corrected chi connectivity index (χ3v) is 4.71. The van der Waals surface area contributed by atoms with Crippen LogP contribution in [-0.2, 0) is 4.74 Å². The van der Waals surface area contributed by atoms with Gasteiger partial charge < -0.3 is 20.3 Å². The first-order chi connectivity index (χ1) is 10.8. The minimum absolute atomic E-state index is 0.144. The average molecular weight is 303 g/mol. The fourth-order valence-electron chi connectivity index (χ4n) is 3.44.